The minimum Gasteiger partial charge on any atom is -0.481 e. The molecule has 0 unspecified atom stereocenters. The Morgan fingerprint density at radius 3 is 1.55 bits per heavy atom. The summed E-state index contributed by atoms with van der Waals surface area (Å²) in [5.41, 5.74) is 1.98. The van der Waals surface area contributed by atoms with Crippen molar-refractivity contribution in [2.75, 3.05) is 13.2 Å². The van der Waals surface area contributed by atoms with E-state index in [2.05, 4.69) is 11.8 Å². The van der Waals surface area contributed by atoms with E-state index in [4.69, 9.17) is 32.7 Å². The molecule has 0 bridgehead atoms. The van der Waals surface area contributed by atoms with E-state index < -0.39 is 0 Å². The van der Waals surface area contributed by atoms with E-state index in [0.29, 0.717) is 23.3 Å². The van der Waals surface area contributed by atoms with Crippen LogP contribution in [-0.2, 0) is 0 Å². The maximum Gasteiger partial charge on any atom is 0.149 e. The fourth-order valence-corrected chi connectivity index (χ4v) is 2.33. The van der Waals surface area contributed by atoms with Crippen molar-refractivity contribution in [1.82, 2.24) is 0 Å². The second-order valence-electron chi connectivity index (χ2n) is 4.75. The first-order valence-electron chi connectivity index (χ1n) is 6.80. The van der Waals surface area contributed by atoms with E-state index in [0.717, 1.165) is 22.6 Å². The zero-order chi connectivity index (χ0) is 15.9. The maximum absolute atomic E-state index is 5.89. The fraction of sp³-hybridized carbons (Fsp3) is 0.222. The van der Waals surface area contributed by atoms with Crippen molar-refractivity contribution >= 4 is 23.2 Å². The molecule has 114 valence electrons. The first-order valence-corrected chi connectivity index (χ1v) is 7.55. The molecule has 0 aromatic heterocycles. The van der Waals surface area contributed by atoms with E-state index in [1.54, 1.807) is 12.1 Å². The van der Waals surface area contributed by atoms with Crippen LogP contribution in [-0.4, -0.2) is 13.2 Å². The second-order valence-corrected chi connectivity index (χ2v) is 5.62. The van der Waals surface area contributed by atoms with Crippen LogP contribution in [0.3, 0.4) is 0 Å². The van der Waals surface area contributed by atoms with E-state index in [1.165, 1.54) is 0 Å². The van der Waals surface area contributed by atoms with Crippen molar-refractivity contribution in [3.8, 4) is 23.3 Å². The molecule has 22 heavy (non-hydrogen) atoms. The number of aryl methyl sites for hydroxylation is 2. The van der Waals surface area contributed by atoms with Crippen molar-refractivity contribution in [2.24, 2.45) is 0 Å². The molecule has 0 saturated carbocycles. The van der Waals surface area contributed by atoms with Gasteiger partial charge in [-0.25, -0.2) is 0 Å². The Morgan fingerprint density at radius 1 is 0.773 bits per heavy atom. The average Bonchev–Trinajstić information content (AvgIpc) is 2.46. The highest BCUT2D eigenvalue weighted by Gasteiger charge is 1.99. The third-order valence-corrected chi connectivity index (χ3v) is 3.47. The van der Waals surface area contributed by atoms with Gasteiger partial charge in [0.15, 0.2) is 0 Å². The smallest absolute Gasteiger partial charge is 0.149 e. The predicted octanol–water partition coefficient (Wildman–Crippen LogP) is 5.07. The summed E-state index contributed by atoms with van der Waals surface area (Å²) in [5.74, 6) is 7.41. The SMILES string of the molecule is Cc1cc(Cl)ccc1OCC#CCOc1ccc(Cl)cc1C. The lowest BCUT2D eigenvalue weighted by molar-refractivity contribution is 0.360. The van der Waals surface area contributed by atoms with E-state index in [9.17, 15) is 0 Å². The Bertz CT molecular complexity index is 655. The van der Waals surface area contributed by atoms with Crippen LogP contribution in [0.4, 0.5) is 0 Å². The van der Waals surface area contributed by atoms with E-state index in [-0.39, 0.29) is 0 Å². The summed E-state index contributed by atoms with van der Waals surface area (Å²) in [6.07, 6.45) is 0. The molecule has 0 aliphatic carbocycles. The van der Waals surface area contributed by atoms with Crippen molar-refractivity contribution < 1.29 is 9.47 Å². The predicted molar refractivity (Wildman–Crippen MR) is 91.1 cm³/mol. The molecule has 0 aliphatic heterocycles. The molecular weight excluding hydrogens is 319 g/mol. The van der Waals surface area contributed by atoms with Gasteiger partial charge in [-0.1, -0.05) is 35.0 Å². The summed E-state index contributed by atoms with van der Waals surface area (Å²) in [7, 11) is 0. The van der Waals surface area contributed by atoms with Gasteiger partial charge >= 0.3 is 0 Å². The highest BCUT2D eigenvalue weighted by atomic mass is 35.5. The van der Waals surface area contributed by atoms with E-state index >= 15 is 0 Å². The minimum absolute atomic E-state index is 0.311. The standard InChI is InChI=1S/C18H16Cl2O2/c1-13-11-15(19)5-7-17(13)21-9-3-4-10-22-18-8-6-16(20)12-14(18)2/h5-8,11-12H,9-10H2,1-2H3. The summed E-state index contributed by atoms with van der Waals surface area (Å²) in [5, 5.41) is 1.39. The first kappa shape index (κ1) is 16.5. The number of rotatable bonds is 4. The molecule has 0 N–H and O–H groups in total. The van der Waals surface area contributed by atoms with Crippen molar-refractivity contribution in [3.05, 3.63) is 57.6 Å². The molecule has 0 amide bonds. The summed E-state index contributed by atoms with van der Waals surface area (Å²) in [6.45, 7) is 4.51. The number of benzene rings is 2. The molecule has 0 spiro atoms. The Hall–Kier alpha value is -1.82. The summed E-state index contributed by atoms with van der Waals surface area (Å²) in [6, 6.07) is 11.0. The van der Waals surface area contributed by atoms with Gasteiger partial charge in [-0.3, -0.25) is 0 Å². The van der Waals surface area contributed by atoms with Crippen molar-refractivity contribution in [1.29, 1.82) is 0 Å². The molecule has 0 aliphatic rings. The lowest BCUT2D eigenvalue weighted by Gasteiger charge is -2.06. The molecule has 0 atom stereocenters. The second kappa shape index (κ2) is 7.98. The largest absolute Gasteiger partial charge is 0.481 e. The molecule has 0 saturated heterocycles. The lowest BCUT2D eigenvalue weighted by Crippen LogP contribution is -1.99. The minimum atomic E-state index is 0.311. The topological polar surface area (TPSA) is 18.5 Å². The van der Waals surface area contributed by atoms with Gasteiger partial charge in [0.2, 0.25) is 0 Å². The molecule has 2 rings (SSSR count). The Balaban J connectivity index is 1.80. The Kier molecular flexibility index (Phi) is 6.00. The Labute approximate surface area is 141 Å². The highest BCUT2D eigenvalue weighted by molar-refractivity contribution is 6.31. The van der Waals surface area contributed by atoms with Gasteiger partial charge in [-0.2, -0.15) is 0 Å². The third-order valence-electron chi connectivity index (χ3n) is 3.00. The summed E-state index contributed by atoms with van der Waals surface area (Å²) in [4.78, 5) is 0. The van der Waals surface area contributed by atoms with Gasteiger partial charge in [0.05, 0.1) is 0 Å². The van der Waals surface area contributed by atoms with Crippen LogP contribution >= 0.6 is 23.2 Å². The molecule has 4 heteroatoms. The first-order chi connectivity index (χ1) is 10.6. The zero-order valence-corrected chi connectivity index (χ0v) is 14.0. The third kappa shape index (κ3) is 4.87. The normalized spacial score (nSPS) is 9.82. The van der Waals surface area contributed by atoms with Crippen LogP contribution in [0.1, 0.15) is 11.1 Å². The van der Waals surface area contributed by atoms with E-state index in [1.807, 2.05) is 38.1 Å². The number of hydrogen-bond donors (Lipinski definition) is 0. The monoisotopic (exact) mass is 334 g/mol. The quantitative estimate of drug-likeness (QED) is 0.726. The molecule has 0 fully saturated rings. The van der Waals surface area contributed by atoms with Gasteiger partial charge in [-0.15, -0.1) is 0 Å². The molecule has 0 radical (unpaired) electrons. The lowest BCUT2D eigenvalue weighted by atomic mass is 10.2. The van der Waals surface area contributed by atoms with Gasteiger partial charge in [0.1, 0.15) is 24.7 Å². The zero-order valence-electron chi connectivity index (χ0n) is 12.5. The Morgan fingerprint density at radius 2 is 1.18 bits per heavy atom. The van der Waals surface area contributed by atoms with Gasteiger partial charge in [-0.05, 0) is 61.4 Å². The summed E-state index contributed by atoms with van der Waals surface area (Å²) >= 11 is 11.8. The highest BCUT2D eigenvalue weighted by Crippen LogP contribution is 2.22. The maximum atomic E-state index is 5.89. The number of ether oxygens (including phenoxy) is 2. The average molecular weight is 335 g/mol. The van der Waals surface area contributed by atoms with Gasteiger partial charge in [0, 0.05) is 10.0 Å². The molecule has 2 nitrogen and oxygen atoms in total. The fourth-order valence-electron chi connectivity index (χ4n) is 1.88. The molecule has 2 aromatic carbocycles. The van der Waals surface area contributed by atoms with Crippen LogP contribution in [0.25, 0.3) is 0 Å². The van der Waals surface area contributed by atoms with Crippen LogP contribution in [0.2, 0.25) is 10.0 Å². The van der Waals surface area contributed by atoms with Crippen LogP contribution < -0.4 is 9.47 Å². The number of hydrogen-bond acceptors (Lipinski definition) is 2. The van der Waals surface area contributed by atoms with Crippen molar-refractivity contribution in [2.45, 2.75) is 13.8 Å². The molecule has 2 aromatic rings. The number of halogens is 2. The molecular formula is C18H16Cl2O2. The van der Waals surface area contributed by atoms with Gasteiger partial charge < -0.3 is 9.47 Å². The van der Waals surface area contributed by atoms with Crippen molar-refractivity contribution in [3.63, 3.8) is 0 Å². The van der Waals surface area contributed by atoms with Gasteiger partial charge in [0.25, 0.3) is 0 Å². The van der Waals surface area contributed by atoms with Crippen LogP contribution in [0, 0.1) is 25.7 Å². The van der Waals surface area contributed by atoms with Crippen LogP contribution in [0.5, 0.6) is 11.5 Å². The molecule has 0 heterocycles. The van der Waals surface area contributed by atoms with Crippen LogP contribution in [0.15, 0.2) is 36.4 Å². The summed E-state index contributed by atoms with van der Waals surface area (Å²) < 4.78 is 11.2.